The lowest BCUT2D eigenvalue weighted by Gasteiger charge is -2.22. The van der Waals surface area contributed by atoms with E-state index in [0.717, 1.165) is 31.4 Å². The van der Waals surface area contributed by atoms with Crippen molar-refractivity contribution in [3.05, 3.63) is 23.8 Å². The second-order valence-electron chi connectivity index (χ2n) is 4.88. The van der Waals surface area contributed by atoms with Gasteiger partial charge in [-0.05, 0) is 25.1 Å². The first-order valence-electron chi connectivity index (χ1n) is 6.71. The number of rotatable bonds is 3. The summed E-state index contributed by atoms with van der Waals surface area (Å²) in [5.41, 5.74) is 0.247. The summed E-state index contributed by atoms with van der Waals surface area (Å²) in [5.74, 6) is -0.391. The van der Waals surface area contributed by atoms with Crippen LogP contribution in [-0.2, 0) is 0 Å². The van der Waals surface area contributed by atoms with E-state index in [-0.39, 0.29) is 23.0 Å². The molecule has 2 rings (SSSR count). The van der Waals surface area contributed by atoms with Crippen molar-refractivity contribution in [2.75, 3.05) is 38.1 Å². The molecule has 1 aromatic rings. The number of phenolic OH excluding ortho intramolecular Hbond substituents is 2. The molecule has 1 aliphatic rings. The van der Waals surface area contributed by atoms with Crippen LogP contribution in [0, 0.1) is 0 Å². The van der Waals surface area contributed by atoms with Gasteiger partial charge in [0.15, 0.2) is 0 Å². The molecule has 110 valence electrons. The quantitative estimate of drug-likeness (QED) is 0.819. The Morgan fingerprint density at radius 1 is 1.20 bits per heavy atom. The summed E-state index contributed by atoms with van der Waals surface area (Å²) in [4.78, 5) is 16.5. The molecule has 2 N–H and O–H groups in total. The third-order valence-electron chi connectivity index (χ3n) is 3.49. The molecule has 6 heteroatoms. The number of nitrogens with zero attached hydrogens (tertiary/aromatic N) is 2. The van der Waals surface area contributed by atoms with Crippen LogP contribution in [0.15, 0.2) is 18.2 Å². The van der Waals surface area contributed by atoms with Crippen LogP contribution in [0.2, 0.25) is 0 Å². The number of hydrogen-bond acceptors (Lipinski definition) is 4. The van der Waals surface area contributed by atoms with E-state index in [1.807, 2.05) is 0 Å². The lowest BCUT2D eigenvalue weighted by molar-refractivity contribution is 0.0759. The molecule has 1 fully saturated rings. The molecule has 0 bridgehead atoms. The molecule has 1 aromatic carbocycles. The van der Waals surface area contributed by atoms with Gasteiger partial charge in [-0.15, -0.1) is 0 Å². The van der Waals surface area contributed by atoms with Gasteiger partial charge in [0.2, 0.25) is 0 Å². The SMILES string of the molecule is O=C(c1ccc(O)cc1O)N1CCCN(CCBr)CC1. The Hall–Kier alpha value is -1.27. The van der Waals surface area contributed by atoms with Gasteiger partial charge < -0.3 is 20.0 Å². The maximum atomic E-state index is 12.4. The van der Waals surface area contributed by atoms with Gasteiger partial charge in [-0.3, -0.25) is 4.79 Å². The number of carbonyl (C=O) groups excluding carboxylic acids is 1. The molecule has 0 saturated carbocycles. The van der Waals surface area contributed by atoms with E-state index in [0.29, 0.717) is 13.1 Å². The van der Waals surface area contributed by atoms with E-state index in [9.17, 15) is 15.0 Å². The Balaban J connectivity index is 2.05. The van der Waals surface area contributed by atoms with Gasteiger partial charge in [0, 0.05) is 37.6 Å². The topological polar surface area (TPSA) is 64.0 Å². The Bertz CT molecular complexity index is 481. The van der Waals surface area contributed by atoms with Gasteiger partial charge >= 0.3 is 0 Å². The predicted molar refractivity (Wildman–Crippen MR) is 80.5 cm³/mol. The summed E-state index contributed by atoms with van der Waals surface area (Å²) in [6.07, 6.45) is 0.928. The molecule has 1 saturated heterocycles. The number of hydrogen-bond donors (Lipinski definition) is 2. The molecule has 1 heterocycles. The largest absolute Gasteiger partial charge is 0.508 e. The summed E-state index contributed by atoms with van der Waals surface area (Å²) in [5, 5.41) is 20.0. The summed E-state index contributed by atoms with van der Waals surface area (Å²) in [6, 6.07) is 4.08. The number of benzene rings is 1. The fraction of sp³-hybridized carbons (Fsp3) is 0.500. The molecule has 0 aliphatic carbocycles. The van der Waals surface area contributed by atoms with Crippen molar-refractivity contribution in [2.24, 2.45) is 0 Å². The van der Waals surface area contributed by atoms with E-state index in [1.165, 1.54) is 18.2 Å². The van der Waals surface area contributed by atoms with E-state index >= 15 is 0 Å². The highest BCUT2D eigenvalue weighted by molar-refractivity contribution is 9.09. The fourth-order valence-electron chi connectivity index (χ4n) is 2.39. The van der Waals surface area contributed by atoms with Gasteiger partial charge in [0.05, 0.1) is 5.56 Å². The molecule has 1 amide bonds. The Labute approximate surface area is 126 Å². The predicted octanol–water partition coefficient (Wildman–Crippen LogP) is 1.64. The Kier molecular flexibility index (Phi) is 5.25. The van der Waals surface area contributed by atoms with E-state index in [1.54, 1.807) is 4.90 Å². The monoisotopic (exact) mass is 342 g/mol. The van der Waals surface area contributed by atoms with Gasteiger partial charge in [0.1, 0.15) is 11.5 Å². The molecule has 0 spiro atoms. The molecule has 0 atom stereocenters. The zero-order valence-electron chi connectivity index (χ0n) is 11.3. The Morgan fingerprint density at radius 3 is 2.70 bits per heavy atom. The summed E-state index contributed by atoms with van der Waals surface area (Å²) in [7, 11) is 0. The standard InChI is InChI=1S/C14H19BrN2O3/c15-4-7-16-5-1-6-17(9-8-16)14(20)12-3-2-11(18)10-13(12)19/h2-3,10,18-19H,1,4-9H2. The summed E-state index contributed by atoms with van der Waals surface area (Å²) >= 11 is 3.43. The van der Waals surface area contributed by atoms with Crippen LogP contribution in [0.1, 0.15) is 16.8 Å². The number of carbonyl (C=O) groups is 1. The number of amides is 1. The average Bonchev–Trinajstić information content (AvgIpc) is 2.64. The minimum Gasteiger partial charge on any atom is -0.508 e. The number of phenols is 2. The third kappa shape index (κ3) is 3.64. The number of aromatic hydroxyl groups is 2. The smallest absolute Gasteiger partial charge is 0.257 e. The maximum Gasteiger partial charge on any atom is 0.257 e. The fourth-order valence-corrected chi connectivity index (χ4v) is 2.89. The van der Waals surface area contributed by atoms with Crippen LogP contribution in [-0.4, -0.2) is 64.0 Å². The molecule has 20 heavy (non-hydrogen) atoms. The molecule has 5 nitrogen and oxygen atoms in total. The lowest BCUT2D eigenvalue weighted by Crippen LogP contribution is -2.35. The molecule has 0 unspecified atom stereocenters. The number of halogens is 1. The second-order valence-corrected chi connectivity index (χ2v) is 5.67. The highest BCUT2D eigenvalue weighted by Gasteiger charge is 2.22. The van der Waals surface area contributed by atoms with Crippen LogP contribution in [0.5, 0.6) is 11.5 Å². The Morgan fingerprint density at radius 2 is 2.00 bits per heavy atom. The van der Waals surface area contributed by atoms with Crippen LogP contribution in [0.3, 0.4) is 0 Å². The zero-order valence-corrected chi connectivity index (χ0v) is 12.8. The second kappa shape index (κ2) is 6.95. The van der Waals surface area contributed by atoms with Gasteiger partial charge in [0.25, 0.3) is 5.91 Å². The van der Waals surface area contributed by atoms with Crippen molar-refractivity contribution in [1.29, 1.82) is 0 Å². The van der Waals surface area contributed by atoms with Crippen molar-refractivity contribution < 1.29 is 15.0 Å². The van der Waals surface area contributed by atoms with Gasteiger partial charge in [-0.25, -0.2) is 0 Å². The third-order valence-corrected chi connectivity index (χ3v) is 3.84. The van der Waals surface area contributed by atoms with Crippen molar-refractivity contribution >= 4 is 21.8 Å². The van der Waals surface area contributed by atoms with Crippen LogP contribution in [0.4, 0.5) is 0 Å². The van der Waals surface area contributed by atoms with Crippen molar-refractivity contribution in [3.8, 4) is 11.5 Å². The van der Waals surface area contributed by atoms with Crippen molar-refractivity contribution in [3.63, 3.8) is 0 Å². The molecule has 0 aromatic heterocycles. The molecular weight excluding hydrogens is 324 g/mol. The maximum absolute atomic E-state index is 12.4. The van der Waals surface area contributed by atoms with Crippen LogP contribution >= 0.6 is 15.9 Å². The molecule has 0 radical (unpaired) electrons. The minimum atomic E-state index is -0.178. The first kappa shape index (κ1) is 15.1. The molecular formula is C14H19BrN2O3. The van der Waals surface area contributed by atoms with E-state index in [4.69, 9.17) is 0 Å². The zero-order chi connectivity index (χ0) is 14.5. The van der Waals surface area contributed by atoms with Crippen LogP contribution in [0.25, 0.3) is 0 Å². The van der Waals surface area contributed by atoms with E-state index < -0.39 is 0 Å². The van der Waals surface area contributed by atoms with E-state index in [2.05, 4.69) is 20.8 Å². The first-order chi connectivity index (χ1) is 9.61. The summed E-state index contributed by atoms with van der Waals surface area (Å²) in [6.45, 7) is 4.16. The first-order valence-corrected chi connectivity index (χ1v) is 7.83. The van der Waals surface area contributed by atoms with Gasteiger partial charge in [-0.2, -0.15) is 0 Å². The average molecular weight is 343 g/mol. The normalized spacial score (nSPS) is 16.9. The van der Waals surface area contributed by atoms with Crippen molar-refractivity contribution in [1.82, 2.24) is 9.80 Å². The highest BCUT2D eigenvalue weighted by Crippen LogP contribution is 2.24. The summed E-state index contributed by atoms with van der Waals surface area (Å²) < 4.78 is 0. The van der Waals surface area contributed by atoms with Crippen molar-refractivity contribution in [2.45, 2.75) is 6.42 Å². The highest BCUT2D eigenvalue weighted by atomic mass is 79.9. The number of alkyl halides is 1. The molecule has 1 aliphatic heterocycles. The van der Waals surface area contributed by atoms with Crippen LogP contribution < -0.4 is 0 Å². The lowest BCUT2D eigenvalue weighted by atomic mass is 10.1. The minimum absolute atomic E-state index is 0.0431. The van der Waals surface area contributed by atoms with Gasteiger partial charge in [-0.1, -0.05) is 15.9 Å².